The lowest BCUT2D eigenvalue weighted by Gasteiger charge is -2.31. The Hall–Kier alpha value is -0.920. The molecule has 2 heterocycles. The van der Waals surface area contributed by atoms with Crippen molar-refractivity contribution < 1.29 is 8.42 Å². The third kappa shape index (κ3) is 4.29. The van der Waals surface area contributed by atoms with Crippen LogP contribution in [0.3, 0.4) is 0 Å². The summed E-state index contributed by atoms with van der Waals surface area (Å²) in [7, 11) is -1.09. The Morgan fingerprint density at radius 2 is 2.30 bits per heavy atom. The van der Waals surface area contributed by atoms with E-state index in [0.717, 1.165) is 32.4 Å². The molecule has 0 bridgehead atoms. The minimum Gasteiger partial charge on any atom is -0.316 e. The van der Waals surface area contributed by atoms with E-state index in [1.54, 1.807) is 10.5 Å². The van der Waals surface area contributed by atoms with Crippen LogP contribution in [-0.4, -0.2) is 54.9 Å². The van der Waals surface area contributed by atoms with Gasteiger partial charge in [0.05, 0.1) is 6.26 Å². The van der Waals surface area contributed by atoms with Crippen LogP contribution in [-0.2, 0) is 23.5 Å². The molecule has 0 amide bonds. The third-order valence-corrected chi connectivity index (χ3v) is 5.13. The van der Waals surface area contributed by atoms with E-state index in [0.29, 0.717) is 19.0 Å². The maximum atomic E-state index is 11.6. The molecule has 0 radical (unpaired) electrons. The summed E-state index contributed by atoms with van der Waals surface area (Å²) < 4.78 is 26.6. The fourth-order valence-corrected chi connectivity index (χ4v) is 3.61. The van der Waals surface area contributed by atoms with Crippen molar-refractivity contribution in [3.8, 4) is 0 Å². The van der Waals surface area contributed by atoms with Gasteiger partial charge in [0.1, 0.15) is 0 Å². The normalized spacial score (nSPS) is 21.2. The van der Waals surface area contributed by atoms with Crippen LogP contribution in [0.25, 0.3) is 0 Å². The minimum absolute atomic E-state index is 0.421. The molecule has 1 fully saturated rings. The Bertz CT molecular complexity index is 526. The lowest BCUT2D eigenvalue weighted by molar-refractivity contribution is 0.261. The number of nitrogens with one attached hydrogen (secondary N) is 1. The Morgan fingerprint density at radius 3 is 2.95 bits per heavy atom. The van der Waals surface area contributed by atoms with Crippen LogP contribution in [0, 0.1) is 5.92 Å². The van der Waals surface area contributed by atoms with E-state index in [-0.39, 0.29) is 0 Å². The summed E-state index contributed by atoms with van der Waals surface area (Å²) in [5.74, 6) is 0.421. The molecule has 20 heavy (non-hydrogen) atoms. The number of aromatic nitrogens is 2. The van der Waals surface area contributed by atoms with E-state index in [2.05, 4.69) is 10.4 Å². The summed E-state index contributed by atoms with van der Waals surface area (Å²) in [4.78, 5) is 0. The minimum atomic E-state index is -3.04. The Kier molecular flexibility index (Phi) is 5.17. The zero-order chi connectivity index (χ0) is 14.6. The van der Waals surface area contributed by atoms with E-state index in [4.69, 9.17) is 0 Å². The first-order valence-corrected chi connectivity index (χ1v) is 8.94. The average molecular weight is 300 g/mol. The Morgan fingerprint density at radius 1 is 1.50 bits per heavy atom. The molecule has 0 aromatic carbocycles. The quantitative estimate of drug-likeness (QED) is 0.764. The largest absolute Gasteiger partial charge is 0.316 e. The maximum Gasteiger partial charge on any atom is 0.211 e. The van der Waals surface area contributed by atoms with Gasteiger partial charge >= 0.3 is 0 Å². The summed E-state index contributed by atoms with van der Waals surface area (Å²) in [6.45, 7) is 3.10. The van der Waals surface area contributed by atoms with E-state index >= 15 is 0 Å². The van der Waals surface area contributed by atoms with Crippen molar-refractivity contribution in [1.82, 2.24) is 19.4 Å². The highest BCUT2D eigenvalue weighted by Gasteiger charge is 2.25. The van der Waals surface area contributed by atoms with Gasteiger partial charge in [-0.3, -0.25) is 4.68 Å². The third-order valence-electron chi connectivity index (χ3n) is 3.86. The molecular formula is C13H24N4O2S. The van der Waals surface area contributed by atoms with Crippen molar-refractivity contribution in [1.29, 1.82) is 0 Å². The standard InChI is InChI=1S/C13H24N4O2S/c1-16-13(6-8-15-16)5-7-14-10-12-4-3-9-17(11-12)20(2,18)19/h6,8,12,14H,3-5,7,9-11H2,1-2H3. The summed E-state index contributed by atoms with van der Waals surface area (Å²) in [6, 6.07) is 2.02. The molecule has 1 saturated heterocycles. The molecule has 7 heteroatoms. The SMILES string of the molecule is Cn1nccc1CCNCC1CCCN(S(C)(=O)=O)C1. The van der Waals surface area contributed by atoms with Crippen LogP contribution in [0.15, 0.2) is 12.3 Å². The molecule has 1 N–H and O–H groups in total. The molecule has 1 aliphatic heterocycles. The molecule has 0 saturated carbocycles. The van der Waals surface area contributed by atoms with Gasteiger partial charge in [-0.05, 0) is 31.4 Å². The zero-order valence-electron chi connectivity index (χ0n) is 12.2. The van der Waals surface area contributed by atoms with Gasteiger partial charge in [-0.25, -0.2) is 12.7 Å². The molecule has 1 aromatic heterocycles. The van der Waals surface area contributed by atoms with E-state index in [1.807, 2.05) is 17.8 Å². The monoisotopic (exact) mass is 300 g/mol. The van der Waals surface area contributed by atoms with Crippen LogP contribution >= 0.6 is 0 Å². The van der Waals surface area contributed by atoms with Gasteiger partial charge in [0.25, 0.3) is 0 Å². The van der Waals surface area contributed by atoms with Crippen molar-refractivity contribution in [2.45, 2.75) is 19.3 Å². The van der Waals surface area contributed by atoms with Crippen LogP contribution in [0.2, 0.25) is 0 Å². The fourth-order valence-electron chi connectivity index (χ4n) is 2.66. The van der Waals surface area contributed by atoms with Crippen LogP contribution in [0.1, 0.15) is 18.5 Å². The number of nitrogens with zero attached hydrogens (tertiary/aromatic N) is 3. The van der Waals surface area contributed by atoms with E-state index in [9.17, 15) is 8.42 Å². The molecule has 1 unspecified atom stereocenters. The number of piperidine rings is 1. The lowest BCUT2D eigenvalue weighted by atomic mass is 10.00. The van der Waals surface area contributed by atoms with Crippen molar-refractivity contribution in [2.75, 3.05) is 32.4 Å². The van der Waals surface area contributed by atoms with Crippen LogP contribution in [0.5, 0.6) is 0 Å². The predicted molar refractivity (Wildman–Crippen MR) is 78.9 cm³/mol. The second-order valence-corrected chi connectivity index (χ2v) is 7.51. The van der Waals surface area contributed by atoms with Gasteiger partial charge in [-0.15, -0.1) is 0 Å². The van der Waals surface area contributed by atoms with Crippen molar-refractivity contribution in [2.24, 2.45) is 13.0 Å². The Balaban J connectivity index is 1.70. The highest BCUT2D eigenvalue weighted by molar-refractivity contribution is 7.88. The lowest BCUT2D eigenvalue weighted by Crippen LogP contribution is -2.42. The number of hydrogen-bond acceptors (Lipinski definition) is 4. The second-order valence-electron chi connectivity index (χ2n) is 5.53. The van der Waals surface area contributed by atoms with Crippen molar-refractivity contribution in [3.63, 3.8) is 0 Å². The highest BCUT2D eigenvalue weighted by Crippen LogP contribution is 2.17. The van der Waals surface area contributed by atoms with Crippen molar-refractivity contribution in [3.05, 3.63) is 18.0 Å². The number of rotatable bonds is 6. The van der Waals surface area contributed by atoms with Gasteiger partial charge in [0.15, 0.2) is 0 Å². The summed E-state index contributed by atoms with van der Waals surface area (Å²) in [6.07, 6.45) is 6.11. The molecule has 114 valence electrons. The molecular weight excluding hydrogens is 276 g/mol. The smallest absolute Gasteiger partial charge is 0.211 e. The van der Waals surface area contributed by atoms with Crippen LogP contribution in [0.4, 0.5) is 0 Å². The fraction of sp³-hybridized carbons (Fsp3) is 0.769. The van der Waals surface area contributed by atoms with Gasteiger partial charge in [-0.2, -0.15) is 5.10 Å². The number of hydrogen-bond donors (Lipinski definition) is 1. The molecule has 0 spiro atoms. The van der Waals surface area contributed by atoms with Gasteiger partial charge in [-0.1, -0.05) is 0 Å². The number of aryl methyl sites for hydroxylation is 1. The number of sulfonamides is 1. The zero-order valence-corrected chi connectivity index (χ0v) is 13.1. The van der Waals surface area contributed by atoms with E-state index in [1.165, 1.54) is 11.9 Å². The molecule has 1 aliphatic rings. The summed E-state index contributed by atoms with van der Waals surface area (Å²) in [5.41, 5.74) is 1.21. The molecule has 0 aliphatic carbocycles. The van der Waals surface area contributed by atoms with Gasteiger partial charge < -0.3 is 5.32 Å². The van der Waals surface area contributed by atoms with E-state index < -0.39 is 10.0 Å². The topological polar surface area (TPSA) is 67.2 Å². The maximum absolute atomic E-state index is 11.6. The predicted octanol–water partition coefficient (Wildman–Crippen LogP) is 0.224. The summed E-state index contributed by atoms with van der Waals surface area (Å²) in [5, 5.41) is 7.57. The molecule has 1 atom stereocenters. The first kappa shape index (κ1) is 15.5. The molecule has 2 rings (SSSR count). The first-order chi connectivity index (χ1) is 9.47. The molecule has 1 aromatic rings. The first-order valence-electron chi connectivity index (χ1n) is 7.09. The molecule has 6 nitrogen and oxygen atoms in total. The van der Waals surface area contributed by atoms with Crippen LogP contribution < -0.4 is 5.32 Å². The van der Waals surface area contributed by atoms with Crippen molar-refractivity contribution >= 4 is 10.0 Å². The second kappa shape index (κ2) is 6.69. The summed E-state index contributed by atoms with van der Waals surface area (Å²) >= 11 is 0. The van der Waals surface area contributed by atoms with Gasteiger partial charge in [0, 0.05) is 45.0 Å². The van der Waals surface area contributed by atoms with Gasteiger partial charge in [0.2, 0.25) is 10.0 Å². The average Bonchev–Trinajstić information content (AvgIpc) is 2.80. The Labute approximate surface area is 121 Å². The highest BCUT2D eigenvalue weighted by atomic mass is 32.2.